The molecule has 2 saturated heterocycles. The minimum atomic E-state index is -0.232. The largest absolute Gasteiger partial charge is 0.352 e. The van der Waals surface area contributed by atoms with E-state index in [0.29, 0.717) is 46.3 Å². The highest BCUT2D eigenvalue weighted by Crippen LogP contribution is 2.31. The fourth-order valence-electron chi connectivity index (χ4n) is 5.29. The third-order valence-electron chi connectivity index (χ3n) is 7.16. The standard InChI is InChI=1S/C26H34Cl2FN5O/c1-4-30-26(35)20-11-23(28)25(31-13-20)34-15-17(2)33(14-18(34)3)22-7-9-32(10-8-22)16-19-5-6-21(27)12-24(19)29/h5-6,11-13,17-18,22H,4,7-10,14-16H2,1-3H3,(H,30,35)/t17-,18+/m0/s1. The summed E-state index contributed by atoms with van der Waals surface area (Å²) >= 11 is 12.5. The lowest BCUT2D eigenvalue weighted by Crippen LogP contribution is -2.61. The molecule has 0 aliphatic carbocycles. The van der Waals surface area contributed by atoms with Crippen molar-refractivity contribution in [3.8, 4) is 0 Å². The summed E-state index contributed by atoms with van der Waals surface area (Å²) in [5, 5.41) is 3.72. The first-order valence-electron chi connectivity index (χ1n) is 12.4. The van der Waals surface area contributed by atoms with Crippen molar-refractivity contribution in [1.29, 1.82) is 0 Å². The summed E-state index contributed by atoms with van der Waals surface area (Å²) < 4.78 is 14.2. The van der Waals surface area contributed by atoms with Crippen LogP contribution in [0.25, 0.3) is 0 Å². The SMILES string of the molecule is CCNC(=O)c1cnc(N2C[C@H](C)N(C3CCN(Cc4ccc(Cl)cc4F)CC3)C[C@H]2C)c(Cl)c1. The van der Waals surface area contributed by atoms with Gasteiger partial charge in [-0.15, -0.1) is 0 Å². The number of hydrogen-bond donors (Lipinski definition) is 1. The number of anilines is 1. The number of piperazine rings is 1. The van der Waals surface area contributed by atoms with E-state index in [9.17, 15) is 9.18 Å². The molecular formula is C26H34Cl2FN5O. The van der Waals surface area contributed by atoms with Gasteiger partial charge in [-0.05, 0) is 64.9 Å². The molecule has 0 radical (unpaired) electrons. The number of rotatable bonds is 6. The lowest BCUT2D eigenvalue weighted by Gasteiger charge is -2.49. The molecule has 2 atom stereocenters. The first kappa shape index (κ1) is 26.1. The molecule has 2 aliphatic heterocycles. The van der Waals surface area contributed by atoms with Crippen molar-refractivity contribution in [3.63, 3.8) is 0 Å². The van der Waals surface area contributed by atoms with Gasteiger partial charge in [-0.2, -0.15) is 0 Å². The number of hydrogen-bond acceptors (Lipinski definition) is 5. The van der Waals surface area contributed by atoms with Gasteiger partial charge in [0.25, 0.3) is 5.91 Å². The van der Waals surface area contributed by atoms with Gasteiger partial charge in [0.2, 0.25) is 0 Å². The van der Waals surface area contributed by atoms with Crippen molar-refractivity contribution in [2.45, 2.75) is 58.3 Å². The number of benzene rings is 1. The number of nitrogens with one attached hydrogen (secondary N) is 1. The van der Waals surface area contributed by atoms with Gasteiger partial charge in [-0.1, -0.05) is 29.3 Å². The van der Waals surface area contributed by atoms with Gasteiger partial charge in [-0.3, -0.25) is 14.6 Å². The molecular weight excluding hydrogens is 488 g/mol. The van der Waals surface area contributed by atoms with Crippen LogP contribution in [-0.4, -0.2) is 71.5 Å². The second-order valence-electron chi connectivity index (χ2n) is 9.68. The predicted molar refractivity (Wildman–Crippen MR) is 140 cm³/mol. The Bertz CT molecular complexity index is 1050. The van der Waals surface area contributed by atoms with Crippen LogP contribution >= 0.6 is 23.2 Å². The average Bonchev–Trinajstić information content (AvgIpc) is 2.83. The average molecular weight is 522 g/mol. The van der Waals surface area contributed by atoms with Gasteiger partial charge in [0.1, 0.15) is 11.6 Å². The molecule has 9 heteroatoms. The maximum atomic E-state index is 14.2. The molecule has 0 spiro atoms. The Morgan fingerprint density at radius 2 is 1.89 bits per heavy atom. The molecule has 1 amide bonds. The first-order valence-corrected chi connectivity index (χ1v) is 13.1. The number of likely N-dealkylation sites (tertiary alicyclic amines) is 1. The van der Waals surface area contributed by atoms with E-state index in [0.717, 1.165) is 44.8 Å². The van der Waals surface area contributed by atoms with Gasteiger partial charge in [0.15, 0.2) is 0 Å². The van der Waals surface area contributed by atoms with Crippen LogP contribution < -0.4 is 10.2 Å². The number of aromatic nitrogens is 1. The monoisotopic (exact) mass is 521 g/mol. The molecule has 190 valence electrons. The molecule has 4 rings (SSSR count). The van der Waals surface area contributed by atoms with Crippen LogP contribution in [0.4, 0.5) is 10.2 Å². The molecule has 0 unspecified atom stereocenters. The zero-order valence-corrected chi connectivity index (χ0v) is 22.1. The lowest BCUT2D eigenvalue weighted by atomic mass is 9.97. The molecule has 1 aromatic carbocycles. The van der Waals surface area contributed by atoms with Gasteiger partial charge < -0.3 is 10.2 Å². The van der Waals surface area contributed by atoms with Crippen LogP contribution in [0, 0.1) is 5.82 Å². The van der Waals surface area contributed by atoms with Crippen molar-refractivity contribution >= 4 is 34.9 Å². The third kappa shape index (κ3) is 6.08. The quantitative estimate of drug-likeness (QED) is 0.589. The Balaban J connectivity index is 1.35. The van der Waals surface area contributed by atoms with E-state index in [1.807, 2.05) is 6.92 Å². The van der Waals surface area contributed by atoms with E-state index in [1.54, 1.807) is 24.4 Å². The number of carbonyl (C=O) groups is 1. The van der Waals surface area contributed by atoms with Crippen LogP contribution in [0.15, 0.2) is 30.5 Å². The lowest BCUT2D eigenvalue weighted by molar-refractivity contribution is 0.0583. The minimum Gasteiger partial charge on any atom is -0.352 e. The van der Waals surface area contributed by atoms with E-state index in [1.165, 1.54) is 6.07 Å². The molecule has 2 aromatic rings. The maximum absolute atomic E-state index is 14.2. The Kier molecular flexibility index (Phi) is 8.53. The van der Waals surface area contributed by atoms with E-state index in [4.69, 9.17) is 23.2 Å². The zero-order chi connectivity index (χ0) is 25.1. The molecule has 35 heavy (non-hydrogen) atoms. The van der Waals surface area contributed by atoms with Crippen molar-refractivity contribution in [3.05, 3.63) is 57.5 Å². The van der Waals surface area contributed by atoms with Crippen LogP contribution in [0.2, 0.25) is 10.0 Å². The maximum Gasteiger partial charge on any atom is 0.252 e. The molecule has 0 bridgehead atoms. The Morgan fingerprint density at radius 1 is 1.14 bits per heavy atom. The molecule has 6 nitrogen and oxygen atoms in total. The summed E-state index contributed by atoms with van der Waals surface area (Å²) in [6, 6.07) is 7.73. The van der Waals surface area contributed by atoms with E-state index in [-0.39, 0.29) is 17.8 Å². The summed E-state index contributed by atoms with van der Waals surface area (Å²) in [5.74, 6) is 0.341. The molecule has 3 heterocycles. The number of amides is 1. The third-order valence-corrected chi connectivity index (χ3v) is 7.68. The Morgan fingerprint density at radius 3 is 2.54 bits per heavy atom. The number of carbonyl (C=O) groups excluding carboxylic acids is 1. The normalized spacial score (nSPS) is 22.4. The second kappa shape index (κ2) is 11.4. The Hall–Kier alpha value is -1.93. The highest BCUT2D eigenvalue weighted by molar-refractivity contribution is 6.33. The number of nitrogens with zero attached hydrogens (tertiary/aromatic N) is 4. The summed E-state index contributed by atoms with van der Waals surface area (Å²) in [6.45, 7) is 11.2. The molecule has 1 aromatic heterocycles. The van der Waals surface area contributed by atoms with Crippen molar-refractivity contribution in [1.82, 2.24) is 20.1 Å². The van der Waals surface area contributed by atoms with E-state index >= 15 is 0 Å². The molecule has 1 N–H and O–H groups in total. The topological polar surface area (TPSA) is 51.7 Å². The fraction of sp³-hybridized carbons (Fsp3) is 0.538. The number of pyridine rings is 1. The van der Waals surface area contributed by atoms with E-state index < -0.39 is 0 Å². The van der Waals surface area contributed by atoms with Gasteiger partial charge in [0, 0.05) is 61.1 Å². The van der Waals surface area contributed by atoms with Gasteiger partial charge >= 0.3 is 0 Å². The molecule has 2 aliphatic rings. The molecule has 0 saturated carbocycles. The zero-order valence-electron chi connectivity index (χ0n) is 20.6. The highest BCUT2D eigenvalue weighted by Gasteiger charge is 2.36. The summed E-state index contributed by atoms with van der Waals surface area (Å²) in [6.07, 6.45) is 3.73. The first-order chi connectivity index (χ1) is 16.8. The van der Waals surface area contributed by atoms with Crippen LogP contribution in [-0.2, 0) is 6.54 Å². The smallest absolute Gasteiger partial charge is 0.252 e. The Labute approximate surface area is 217 Å². The van der Waals surface area contributed by atoms with Crippen LogP contribution in [0.3, 0.4) is 0 Å². The highest BCUT2D eigenvalue weighted by atomic mass is 35.5. The minimum absolute atomic E-state index is 0.162. The summed E-state index contributed by atoms with van der Waals surface area (Å²) in [4.78, 5) is 23.9. The van der Waals surface area contributed by atoms with Gasteiger partial charge in [-0.25, -0.2) is 9.37 Å². The summed E-state index contributed by atoms with van der Waals surface area (Å²) in [5.41, 5.74) is 1.18. The summed E-state index contributed by atoms with van der Waals surface area (Å²) in [7, 11) is 0. The van der Waals surface area contributed by atoms with Crippen LogP contribution in [0.1, 0.15) is 49.5 Å². The fourth-order valence-corrected chi connectivity index (χ4v) is 5.72. The molecule has 2 fully saturated rings. The number of halogens is 3. The van der Waals surface area contributed by atoms with Crippen LogP contribution in [0.5, 0.6) is 0 Å². The second-order valence-corrected chi connectivity index (χ2v) is 10.5. The van der Waals surface area contributed by atoms with E-state index in [2.05, 4.69) is 38.8 Å². The van der Waals surface area contributed by atoms with Crippen molar-refractivity contribution in [2.75, 3.05) is 37.6 Å². The number of piperidine rings is 1. The van der Waals surface area contributed by atoms with Crippen molar-refractivity contribution in [2.24, 2.45) is 0 Å². The van der Waals surface area contributed by atoms with Crippen molar-refractivity contribution < 1.29 is 9.18 Å². The van der Waals surface area contributed by atoms with Gasteiger partial charge in [0.05, 0.1) is 10.6 Å². The predicted octanol–water partition coefficient (Wildman–Crippen LogP) is 4.84.